The molecule has 2 fully saturated rings. The lowest BCUT2D eigenvalue weighted by Gasteiger charge is -2.38. The van der Waals surface area contributed by atoms with E-state index in [2.05, 4.69) is 28.4 Å². The van der Waals surface area contributed by atoms with Gasteiger partial charge in [-0.3, -0.25) is 14.6 Å². The van der Waals surface area contributed by atoms with E-state index in [-0.39, 0.29) is 18.9 Å². The van der Waals surface area contributed by atoms with Crippen molar-refractivity contribution in [3.8, 4) is 12.1 Å². The third kappa shape index (κ3) is 4.10. The van der Waals surface area contributed by atoms with Crippen molar-refractivity contribution in [1.82, 2.24) is 15.1 Å². The van der Waals surface area contributed by atoms with Gasteiger partial charge in [-0.1, -0.05) is 30.3 Å². The first-order chi connectivity index (χ1) is 13.1. The number of hydrogen-bond acceptors (Lipinski definition) is 5. The van der Waals surface area contributed by atoms with Crippen molar-refractivity contribution in [3.63, 3.8) is 0 Å². The van der Waals surface area contributed by atoms with Gasteiger partial charge in [0.1, 0.15) is 5.54 Å². The SMILES string of the molecule is N#CCC[C@H](C#N)CN1C(=O)N[C@@]2(CCCN(Cc3ccccc3)C2)C1=O. The maximum absolute atomic E-state index is 13.1. The molecule has 0 bridgehead atoms. The molecule has 0 saturated carbocycles. The molecule has 2 saturated heterocycles. The Morgan fingerprint density at radius 3 is 2.70 bits per heavy atom. The van der Waals surface area contributed by atoms with Crippen LogP contribution in [0.3, 0.4) is 0 Å². The smallest absolute Gasteiger partial charge is 0.322 e. The summed E-state index contributed by atoms with van der Waals surface area (Å²) in [5.74, 6) is -0.763. The molecule has 0 aromatic heterocycles. The topological polar surface area (TPSA) is 100 Å². The second-order valence-electron chi connectivity index (χ2n) is 7.25. The Hall–Kier alpha value is -2.90. The fourth-order valence-electron chi connectivity index (χ4n) is 3.90. The van der Waals surface area contributed by atoms with Gasteiger partial charge < -0.3 is 5.32 Å². The first-order valence-electron chi connectivity index (χ1n) is 9.25. The van der Waals surface area contributed by atoms with Crippen molar-refractivity contribution in [2.24, 2.45) is 5.92 Å². The quantitative estimate of drug-likeness (QED) is 0.777. The predicted molar refractivity (Wildman–Crippen MR) is 97.9 cm³/mol. The first kappa shape index (κ1) is 18.9. The van der Waals surface area contributed by atoms with Gasteiger partial charge in [0.05, 0.1) is 18.1 Å². The molecule has 2 aliphatic heterocycles. The van der Waals surface area contributed by atoms with E-state index in [4.69, 9.17) is 5.26 Å². The minimum atomic E-state index is -0.903. The Balaban J connectivity index is 1.69. The van der Waals surface area contributed by atoms with Crippen molar-refractivity contribution in [3.05, 3.63) is 35.9 Å². The van der Waals surface area contributed by atoms with Crippen molar-refractivity contribution in [2.45, 2.75) is 37.8 Å². The molecule has 3 rings (SSSR count). The van der Waals surface area contributed by atoms with Crippen molar-refractivity contribution in [1.29, 1.82) is 10.5 Å². The molecule has 140 valence electrons. The van der Waals surface area contributed by atoms with Gasteiger partial charge in [0.25, 0.3) is 5.91 Å². The molecule has 2 atom stereocenters. The number of carbonyl (C=O) groups excluding carboxylic acids is 2. The normalized spacial score (nSPS) is 23.7. The third-order valence-corrected chi connectivity index (χ3v) is 5.26. The fourth-order valence-corrected chi connectivity index (χ4v) is 3.90. The number of rotatable bonds is 6. The number of hydrogen-bond donors (Lipinski definition) is 1. The minimum Gasteiger partial charge on any atom is -0.322 e. The highest BCUT2D eigenvalue weighted by Crippen LogP contribution is 2.30. The van der Waals surface area contributed by atoms with Crippen LogP contribution in [0.5, 0.6) is 0 Å². The lowest BCUT2D eigenvalue weighted by molar-refractivity contribution is -0.133. The van der Waals surface area contributed by atoms with Gasteiger partial charge >= 0.3 is 6.03 Å². The van der Waals surface area contributed by atoms with Gasteiger partial charge in [-0.15, -0.1) is 0 Å². The molecule has 1 aromatic rings. The molecule has 1 aromatic carbocycles. The number of nitrogens with one attached hydrogen (secondary N) is 1. The van der Waals surface area contributed by atoms with Crippen LogP contribution in [0.25, 0.3) is 0 Å². The van der Waals surface area contributed by atoms with Crippen molar-refractivity contribution >= 4 is 11.9 Å². The van der Waals surface area contributed by atoms with Gasteiger partial charge in [-0.25, -0.2) is 4.79 Å². The van der Waals surface area contributed by atoms with E-state index in [9.17, 15) is 14.9 Å². The molecule has 3 amide bonds. The molecule has 7 nitrogen and oxygen atoms in total. The van der Waals surface area contributed by atoms with Crippen LogP contribution in [0.15, 0.2) is 30.3 Å². The summed E-state index contributed by atoms with van der Waals surface area (Å²) in [7, 11) is 0. The lowest BCUT2D eigenvalue weighted by atomic mass is 9.88. The van der Waals surface area contributed by atoms with E-state index in [1.807, 2.05) is 24.3 Å². The Kier molecular flexibility index (Phi) is 5.73. The van der Waals surface area contributed by atoms with E-state index < -0.39 is 17.5 Å². The summed E-state index contributed by atoms with van der Waals surface area (Å²) in [6, 6.07) is 13.7. The van der Waals surface area contributed by atoms with E-state index in [0.717, 1.165) is 24.4 Å². The van der Waals surface area contributed by atoms with Crippen LogP contribution in [0.1, 0.15) is 31.2 Å². The van der Waals surface area contributed by atoms with Crippen LogP contribution in [0.4, 0.5) is 4.79 Å². The molecule has 0 unspecified atom stereocenters. The Morgan fingerprint density at radius 2 is 2.00 bits per heavy atom. The summed E-state index contributed by atoms with van der Waals surface area (Å²) in [6.07, 6.45) is 2.02. The fraction of sp³-hybridized carbons (Fsp3) is 0.500. The van der Waals surface area contributed by atoms with E-state index in [1.165, 1.54) is 5.56 Å². The zero-order chi connectivity index (χ0) is 19.3. The highest BCUT2D eigenvalue weighted by atomic mass is 16.2. The number of nitriles is 2. The zero-order valence-corrected chi connectivity index (χ0v) is 15.2. The number of urea groups is 1. The van der Waals surface area contributed by atoms with Crippen molar-refractivity contribution < 1.29 is 9.59 Å². The third-order valence-electron chi connectivity index (χ3n) is 5.26. The number of amides is 3. The van der Waals surface area contributed by atoms with Gasteiger partial charge in [-0.05, 0) is 31.4 Å². The van der Waals surface area contributed by atoms with Crippen LogP contribution >= 0.6 is 0 Å². The molecular weight excluding hydrogens is 342 g/mol. The highest BCUT2D eigenvalue weighted by Gasteiger charge is 2.53. The summed E-state index contributed by atoms with van der Waals surface area (Å²) in [5.41, 5.74) is 0.267. The molecule has 27 heavy (non-hydrogen) atoms. The second-order valence-corrected chi connectivity index (χ2v) is 7.25. The highest BCUT2D eigenvalue weighted by molar-refractivity contribution is 6.07. The van der Waals surface area contributed by atoms with Crippen LogP contribution in [0.2, 0.25) is 0 Å². The monoisotopic (exact) mass is 365 g/mol. The number of benzene rings is 1. The zero-order valence-electron chi connectivity index (χ0n) is 15.2. The van der Waals surface area contributed by atoms with Gasteiger partial charge in [-0.2, -0.15) is 10.5 Å². The van der Waals surface area contributed by atoms with Gasteiger partial charge in [0.2, 0.25) is 0 Å². The minimum absolute atomic E-state index is 0.0449. The lowest BCUT2D eigenvalue weighted by Crippen LogP contribution is -2.58. The number of imide groups is 1. The number of carbonyl (C=O) groups is 2. The Labute approximate surface area is 159 Å². The van der Waals surface area contributed by atoms with E-state index in [0.29, 0.717) is 19.4 Å². The van der Waals surface area contributed by atoms with Crippen LogP contribution in [-0.2, 0) is 11.3 Å². The summed E-state index contributed by atoms with van der Waals surface area (Å²) in [4.78, 5) is 28.9. The Morgan fingerprint density at radius 1 is 1.22 bits per heavy atom. The number of piperidine rings is 1. The van der Waals surface area contributed by atoms with Crippen LogP contribution < -0.4 is 5.32 Å². The van der Waals surface area contributed by atoms with Crippen molar-refractivity contribution in [2.75, 3.05) is 19.6 Å². The van der Waals surface area contributed by atoms with E-state index in [1.54, 1.807) is 0 Å². The molecule has 1 N–H and O–H groups in total. The predicted octanol–water partition coefficient (Wildman–Crippen LogP) is 2.02. The molecule has 7 heteroatoms. The summed E-state index contributed by atoms with van der Waals surface area (Å²) < 4.78 is 0. The van der Waals surface area contributed by atoms with Gasteiger partial charge in [0, 0.05) is 26.1 Å². The average molecular weight is 365 g/mol. The maximum atomic E-state index is 13.1. The summed E-state index contributed by atoms with van der Waals surface area (Å²) in [5, 5.41) is 20.8. The second kappa shape index (κ2) is 8.20. The Bertz CT molecular complexity index is 782. The standard InChI is InChI=1S/C20H23N5O2/c21-10-4-8-17(12-22)14-25-18(26)20(23-19(25)27)9-5-11-24(15-20)13-16-6-2-1-3-7-16/h1-3,6-7,17H,4-5,8-9,11,13-15H2,(H,23,27)/t17-,20-/m1/s1. The first-order valence-corrected chi connectivity index (χ1v) is 9.25. The molecule has 1 spiro atoms. The molecule has 0 radical (unpaired) electrons. The maximum Gasteiger partial charge on any atom is 0.325 e. The van der Waals surface area contributed by atoms with E-state index >= 15 is 0 Å². The molecule has 2 aliphatic rings. The largest absolute Gasteiger partial charge is 0.325 e. The number of likely N-dealkylation sites (tertiary alicyclic amines) is 1. The molecular formula is C20H23N5O2. The summed E-state index contributed by atoms with van der Waals surface area (Å²) >= 11 is 0. The molecule has 2 heterocycles. The summed E-state index contributed by atoms with van der Waals surface area (Å²) in [6.45, 7) is 2.12. The van der Waals surface area contributed by atoms with Crippen LogP contribution in [0, 0.1) is 28.6 Å². The van der Waals surface area contributed by atoms with Gasteiger partial charge in [0.15, 0.2) is 0 Å². The van der Waals surface area contributed by atoms with Crippen LogP contribution in [-0.4, -0.2) is 46.9 Å². The number of nitrogens with zero attached hydrogens (tertiary/aromatic N) is 4. The molecule has 0 aliphatic carbocycles. The average Bonchev–Trinajstić information content (AvgIpc) is 2.89.